The van der Waals surface area contributed by atoms with Crippen molar-refractivity contribution < 1.29 is 9.53 Å². The highest BCUT2D eigenvalue weighted by atomic mass is 16.5. The van der Waals surface area contributed by atoms with E-state index in [1.807, 2.05) is 31.2 Å². The average molecular weight is 274 g/mol. The van der Waals surface area contributed by atoms with Crippen molar-refractivity contribution in [3.05, 3.63) is 35.4 Å². The van der Waals surface area contributed by atoms with Crippen molar-refractivity contribution in [1.82, 2.24) is 4.90 Å². The Morgan fingerprint density at radius 1 is 1.40 bits per heavy atom. The Morgan fingerprint density at radius 3 is 2.85 bits per heavy atom. The van der Waals surface area contributed by atoms with Crippen LogP contribution in [0.25, 0.3) is 0 Å². The quantitative estimate of drug-likeness (QED) is 0.630. The third-order valence-corrected chi connectivity index (χ3v) is 2.84. The van der Waals surface area contributed by atoms with Gasteiger partial charge in [-0.05, 0) is 18.6 Å². The standard InChI is InChI=1S/C16H22N2O2/c1-3-20-12-10-16(19)18(2)13-15-8-5-4-7-14(15)9-6-11-17/h4-5,7-8H,3,10-13,17H2,1-2H3. The first-order valence-electron chi connectivity index (χ1n) is 6.77. The van der Waals surface area contributed by atoms with Gasteiger partial charge in [0.2, 0.25) is 5.91 Å². The van der Waals surface area contributed by atoms with Gasteiger partial charge in [0, 0.05) is 25.8 Å². The predicted molar refractivity (Wildman–Crippen MR) is 80.0 cm³/mol. The lowest BCUT2D eigenvalue weighted by Crippen LogP contribution is -2.27. The van der Waals surface area contributed by atoms with Gasteiger partial charge < -0.3 is 15.4 Å². The minimum atomic E-state index is 0.0695. The Balaban J connectivity index is 2.65. The van der Waals surface area contributed by atoms with E-state index in [-0.39, 0.29) is 5.91 Å². The molecule has 108 valence electrons. The van der Waals surface area contributed by atoms with E-state index in [1.165, 1.54) is 0 Å². The molecule has 1 aromatic rings. The molecule has 0 radical (unpaired) electrons. The molecule has 0 saturated carbocycles. The number of hydrogen-bond acceptors (Lipinski definition) is 3. The average Bonchev–Trinajstić information content (AvgIpc) is 2.46. The first-order chi connectivity index (χ1) is 9.69. The molecule has 4 heteroatoms. The van der Waals surface area contributed by atoms with E-state index < -0.39 is 0 Å². The van der Waals surface area contributed by atoms with Gasteiger partial charge in [-0.25, -0.2) is 0 Å². The van der Waals surface area contributed by atoms with E-state index >= 15 is 0 Å². The molecule has 2 N–H and O–H groups in total. The van der Waals surface area contributed by atoms with E-state index in [9.17, 15) is 4.79 Å². The molecule has 0 unspecified atom stereocenters. The molecule has 0 aliphatic carbocycles. The Bertz CT molecular complexity index is 489. The van der Waals surface area contributed by atoms with Crippen molar-refractivity contribution in [3.8, 4) is 11.8 Å². The van der Waals surface area contributed by atoms with E-state index in [0.717, 1.165) is 11.1 Å². The first kappa shape index (κ1) is 16.2. The predicted octanol–water partition coefficient (Wildman–Crippen LogP) is 1.38. The highest BCUT2D eigenvalue weighted by Gasteiger charge is 2.10. The molecule has 0 bridgehead atoms. The zero-order chi connectivity index (χ0) is 14.8. The molecule has 0 spiro atoms. The smallest absolute Gasteiger partial charge is 0.224 e. The van der Waals surface area contributed by atoms with Crippen molar-refractivity contribution in [2.24, 2.45) is 5.73 Å². The minimum absolute atomic E-state index is 0.0695. The second kappa shape index (κ2) is 9.13. The van der Waals surface area contributed by atoms with Crippen molar-refractivity contribution in [2.45, 2.75) is 19.9 Å². The largest absolute Gasteiger partial charge is 0.381 e. The Labute approximate surface area is 120 Å². The third kappa shape index (κ3) is 5.43. The second-order valence-corrected chi connectivity index (χ2v) is 4.36. The minimum Gasteiger partial charge on any atom is -0.381 e. The lowest BCUT2D eigenvalue weighted by Gasteiger charge is -2.18. The van der Waals surface area contributed by atoms with Crippen LogP contribution in [-0.4, -0.2) is 37.6 Å². The molecule has 0 fully saturated rings. The van der Waals surface area contributed by atoms with Crippen molar-refractivity contribution in [2.75, 3.05) is 26.8 Å². The zero-order valence-corrected chi connectivity index (χ0v) is 12.2. The van der Waals surface area contributed by atoms with Crippen LogP contribution < -0.4 is 5.73 Å². The summed E-state index contributed by atoms with van der Waals surface area (Å²) in [5.74, 6) is 5.94. The van der Waals surface area contributed by atoms with Gasteiger partial charge in [-0.2, -0.15) is 0 Å². The van der Waals surface area contributed by atoms with Crippen LogP contribution in [0.2, 0.25) is 0 Å². The van der Waals surface area contributed by atoms with Crippen molar-refractivity contribution in [1.29, 1.82) is 0 Å². The van der Waals surface area contributed by atoms with Gasteiger partial charge >= 0.3 is 0 Å². The van der Waals surface area contributed by atoms with E-state index in [2.05, 4.69) is 11.8 Å². The van der Waals surface area contributed by atoms with Crippen LogP contribution in [0, 0.1) is 11.8 Å². The van der Waals surface area contributed by atoms with Crippen LogP contribution >= 0.6 is 0 Å². The van der Waals surface area contributed by atoms with Crippen molar-refractivity contribution in [3.63, 3.8) is 0 Å². The SMILES string of the molecule is CCOCCC(=O)N(C)Cc1ccccc1C#CCN. The fourth-order valence-electron chi connectivity index (χ4n) is 1.76. The molecule has 1 rings (SSSR count). The lowest BCUT2D eigenvalue weighted by atomic mass is 10.1. The summed E-state index contributed by atoms with van der Waals surface area (Å²) in [6.45, 7) is 3.89. The van der Waals surface area contributed by atoms with Gasteiger partial charge in [0.15, 0.2) is 0 Å². The number of rotatable bonds is 6. The van der Waals surface area contributed by atoms with Crippen LogP contribution in [-0.2, 0) is 16.1 Å². The molecule has 0 aliphatic rings. The summed E-state index contributed by atoms with van der Waals surface area (Å²) in [4.78, 5) is 13.6. The highest BCUT2D eigenvalue weighted by molar-refractivity contribution is 5.76. The summed E-state index contributed by atoms with van der Waals surface area (Å²) in [7, 11) is 1.79. The Hall–Kier alpha value is -1.83. The Morgan fingerprint density at radius 2 is 2.15 bits per heavy atom. The molecule has 0 heterocycles. The van der Waals surface area contributed by atoms with Crippen molar-refractivity contribution >= 4 is 5.91 Å². The van der Waals surface area contributed by atoms with E-state index in [4.69, 9.17) is 10.5 Å². The summed E-state index contributed by atoms with van der Waals surface area (Å²) in [6, 6.07) is 7.80. The number of nitrogens with zero attached hydrogens (tertiary/aromatic N) is 1. The van der Waals surface area contributed by atoms with Gasteiger partial charge in [-0.15, -0.1) is 0 Å². The van der Waals surface area contributed by atoms with Crippen LogP contribution in [0.3, 0.4) is 0 Å². The molecule has 0 aliphatic heterocycles. The maximum atomic E-state index is 11.9. The monoisotopic (exact) mass is 274 g/mol. The number of nitrogens with two attached hydrogens (primary N) is 1. The van der Waals surface area contributed by atoms with Crippen LogP contribution in [0.4, 0.5) is 0 Å². The normalized spacial score (nSPS) is 9.75. The summed E-state index contributed by atoms with van der Waals surface area (Å²) < 4.78 is 5.20. The molecule has 0 saturated heterocycles. The van der Waals surface area contributed by atoms with Gasteiger partial charge in [0.1, 0.15) is 0 Å². The summed E-state index contributed by atoms with van der Waals surface area (Å²) in [5.41, 5.74) is 7.34. The number of hydrogen-bond donors (Lipinski definition) is 1. The molecule has 1 amide bonds. The van der Waals surface area contributed by atoms with E-state index in [1.54, 1.807) is 11.9 Å². The second-order valence-electron chi connectivity index (χ2n) is 4.36. The summed E-state index contributed by atoms with van der Waals surface area (Å²) in [6.07, 6.45) is 0.404. The van der Waals surface area contributed by atoms with Gasteiger partial charge in [0.05, 0.1) is 19.6 Å². The topological polar surface area (TPSA) is 55.6 Å². The number of amides is 1. The fraction of sp³-hybridized carbons (Fsp3) is 0.438. The summed E-state index contributed by atoms with van der Waals surface area (Å²) in [5, 5.41) is 0. The maximum absolute atomic E-state index is 11.9. The molecule has 0 atom stereocenters. The van der Waals surface area contributed by atoms with E-state index in [0.29, 0.717) is 32.7 Å². The number of ether oxygens (including phenoxy) is 1. The number of carbonyl (C=O) groups is 1. The Kier molecular flexibility index (Phi) is 7.41. The van der Waals surface area contributed by atoms with Gasteiger partial charge in [0.25, 0.3) is 0 Å². The van der Waals surface area contributed by atoms with Gasteiger partial charge in [-0.1, -0.05) is 30.0 Å². The number of carbonyl (C=O) groups excluding carboxylic acids is 1. The number of benzene rings is 1. The highest BCUT2D eigenvalue weighted by Crippen LogP contribution is 2.10. The molecule has 20 heavy (non-hydrogen) atoms. The third-order valence-electron chi connectivity index (χ3n) is 2.84. The summed E-state index contributed by atoms with van der Waals surface area (Å²) >= 11 is 0. The molecular weight excluding hydrogens is 252 g/mol. The van der Waals surface area contributed by atoms with Gasteiger partial charge in [-0.3, -0.25) is 4.79 Å². The van der Waals surface area contributed by atoms with Crippen LogP contribution in [0.15, 0.2) is 24.3 Å². The molecule has 4 nitrogen and oxygen atoms in total. The fourth-order valence-corrected chi connectivity index (χ4v) is 1.76. The zero-order valence-electron chi connectivity index (χ0n) is 12.2. The molecule has 0 aromatic heterocycles. The lowest BCUT2D eigenvalue weighted by molar-refractivity contribution is -0.131. The molecular formula is C16H22N2O2. The van der Waals surface area contributed by atoms with Crippen LogP contribution in [0.1, 0.15) is 24.5 Å². The molecule has 1 aromatic carbocycles. The van der Waals surface area contributed by atoms with Crippen LogP contribution in [0.5, 0.6) is 0 Å². The maximum Gasteiger partial charge on any atom is 0.224 e. The first-order valence-corrected chi connectivity index (χ1v) is 6.77.